The number of allylic oxidation sites excluding steroid dienone is 1. The van der Waals surface area contributed by atoms with Crippen LogP contribution in [0.5, 0.6) is 11.5 Å². The van der Waals surface area contributed by atoms with Gasteiger partial charge in [0.25, 0.3) is 0 Å². The van der Waals surface area contributed by atoms with Gasteiger partial charge < -0.3 is 9.47 Å². The maximum Gasteiger partial charge on any atom is 0.426 e. The van der Waals surface area contributed by atoms with Gasteiger partial charge in [-0.05, 0) is 267 Å². The van der Waals surface area contributed by atoms with E-state index < -0.39 is 71.1 Å². The van der Waals surface area contributed by atoms with Crippen LogP contribution in [0.25, 0.3) is 39.5 Å². The Hall–Kier alpha value is -9.08. The van der Waals surface area contributed by atoms with Crippen molar-refractivity contribution in [2.45, 2.75) is 234 Å². The monoisotopic (exact) mass is 1710 g/mol. The highest BCUT2D eigenvalue weighted by Crippen LogP contribution is 2.43. The maximum atomic E-state index is 14.4. The third-order valence-corrected chi connectivity index (χ3v) is 26.1. The number of rotatable bonds is 16. The summed E-state index contributed by atoms with van der Waals surface area (Å²) in [6.07, 6.45) is 28.4. The van der Waals surface area contributed by atoms with Crippen LogP contribution in [-0.2, 0) is 12.5 Å². The molecule has 5 saturated carbocycles. The molecule has 0 amide bonds. The predicted molar refractivity (Wildman–Crippen MR) is 482 cm³/mol. The topological polar surface area (TPSA) is 18.5 Å². The molecule has 0 N–H and O–H groups in total. The Morgan fingerprint density at radius 1 is 0.361 bits per heavy atom. The van der Waals surface area contributed by atoms with E-state index in [1.807, 2.05) is 79.7 Å². The second kappa shape index (κ2) is 45.5. The third kappa shape index (κ3) is 26.7. The Bertz CT molecular complexity index is 4970. The summed E-state index contributed by atoms with van der Waals surface area (Å²) in [5.41, 5.74) is 11.0. The molecule has 0 aromatic heterocycles. The zero-order chi connectivity index (χ0) is 87.9. The van der Waals surface area contributed by atoms with Gasteiger partial charge in [0.1, 0.15) is 11.6 Å². The zero-order valence-electron chi connectivity index (χ0n) is 72.1. The molecule has 0 atom stereocenters. The summed E-state index contributed by atoms with van der Waals surface area (Å²) in [5, 5.41) is 0.225. The molecule has 5 fully saturated rings. The van der Waals surface area contributed by atoms with E-state index in [9.17, 15) is 57.1 Å². The fraction of sp³-hybridized carbons (Fsp3) is 0.415. The first kappa shape index (κ1) is 95.2. The molecule has 5 aliphatic carbocycles. The van der Waals surface area contributed by atoms with Crippen molar-refractivity contribution in [1.29, 1.82) is 0 Å². The summed E-state index contributed by atoms with van der Waals surface area (Å²) in [6, 6.07) is 52.3. The van der Waals surface area contributed by atoms with Gasteiger partial charge in [0, 0.05) is 23.8 Å². The standard InChI is InChI=1S/C22H26F2.C22H24F2.C21H22F4O.C20H22ClF.C14H19FO.C7H5F3.5H2/c2*1-15-3-6-17(7-4-15)8-9-18-10-12-19(13-11-18)20-14-5-16(2)21(23)22(20)24;1-13-3-6-15(7-4-13)16-8-10-17(11-9-16)21(24,25)26-18-12-5-14(2)19(22)20(18)23;1-13-3-6-15(7-4-13)16-8-10-17(11-9-16)18-12-5-14(2)19(21)20(18)22;1-11-2-4-12(5-3-11)13-6-8-14(9-7-13)16-10-15;1-4-2-3-5(8)7(10)6(4)9;;;;;/h5,10-15,17H,3-4,6-9H2,1-2H3;5,8-15,17H,3-4,6-7H2,1-2H3;5,8-13,15H,3-4,6-7H2,1-2H3;5,8-13,15H,3-4,6-7H2,1-2H3;6-9,11-12H,2-5,10H2,1H3;2-3H,1H3;5*1H. The van der Waals surface area contributed by atoms with Gasteiger partial charge in [0.15, 0.2) is 52.3 Å². The van der Waals surface area contributed by atoms with Crippen molar-refractivity contribution in [1.82, 2.24) is 0 Å². The highest BCUT2D eigenvalue weighted by atomic mass is 35.5. The van der Waals surface area contributed by atoms with Crippen LogP contribution in [0, 0.1) is 134 Å². The Morgan fingerprint density at radius 3 is 1.15 bits per heavy atom. The molecule has 0 saturated heterocycles. The minimum absolute atomic E-state index is 0. The molecule has 662 valence electrons. The van der Waals surface area contributed by atoms with Gasteiger partial charge in [-0.3, -0.25) is 0 Å². The smallest absolute Gasteiger partial charge is 0.426 e. The highest BCUT2D eigenvalue weighted by molar-refractivity contribution is 6.31. The van der Waals surface area contributed by atoms with Gasteiger partial charge in [0.05, 0.1) is 10.6 Å². The molecule has 10 aromatic carbocycles. The average molecular weight is 1720 g/mol. The lowest BCUT2D eigenvalue weighted by Gasteiger charge is -2.27. The van der Waals surface area contributed by atoms with Gasteiger partial charge in [0.2, 0.25) is 12.7 Å². The lowest BCUT2D eigenvalue weighted by Crippen LogP contribution is -2.23. The minimum atomic E-state index is -3.75. The Labute approximate surface area is 727 Å². The van der Waals surface area contributed by atoms with Crippen LogP contribution in [0.15, 0.2) is 188 Å². The second-order valence-corrected chi connectivity index (χ2v) is 35.5. The summed E-state index contributed by atoms with van der Waals surface area (Å²) in [5.74, 6) is -2.30. The molecule has 16 heteroatoms. The van der Waals surface area contributed by atoms with E-state index >= 15 is 0 Å². The van der Waals surface area contributed by atoms with Crippen LogP contribution < -0.4 is 9.47 Å². The molecule has 15 rings (SSSR count). The van der Waals surface area contributed by atoms with Gasteiger partial charge >= 0.3 is 6.11 Å². The predicted octanol–water partition coefficient (Wildman–Crippen LogP) is 34.9. The number of halogens is 14. The lowest BCUT2D eigenvalue weighted by molar-refractivity contribution is -0.187. The summed E-state index contributed by atoms with van der Waals surface area (Å²) < 4.78 is 184. The maximum absolute atomic E-state index is 14.4. The fourth-order valence-electron chi connectivity index (χ4n) is 17.0. The van der Waals surface area contributed by atoms with Gasteiger partial charge in [-0.15, -0.1) is 0 Å². The van der Waals surface area contributed by atoms with Crippen LogP contribution in [0.4, 0.5) is 57.1 Å². The Kier molecular flexibility index (Phi) is 35.5. The number of benzene rings is 10. The normalized spacial score (nSPS) is 20.9. The lowest BCUT2D eigenvalue weighted by atomic mass is 9.79. The molecular weight excluding hydrogens is 1590 g/mol. The minimum Gasteiger partial charge on any atom is -0.463 e. The number of hydrogen-bond donors (Lipinski definition) is 0. The first-order valence-electron chi connectivity index (χ1n) is 43.7. The third-order valence-electron chi connectivity index (χ3n) is 25.6. The van der Waals surface area contributed by atoms with E-state index in [2.05, 4.69) is 87.9 Å². The van der Waals surface area contributed by atoms with E-state index in [1.54, 1.807) is 50.2 Å². The summed E-state index contributed by atoms with van der Waals surface area (Å²) >= 11 is 6.02. The molecule has 0 radical (unpaired) electrons. The summed E-state index contributed by atoms with van der Waals surface area (Å²) in [7, 11) is 0. The van der Waals surface area contributed by atoms with E-state index in [-0.39, 0.29) is 34.7 Å². The van der Waals surface area contributed by atoms with Crippen LogP contribution in [0.1, 0.15) is 256 Å². The first-order chi connectivity index (χ1) is 58.3. The van der Waals surface area contributed by atoms with Crippen molar-refractivity contribution in [2.75, 3.05) is 6.86 Å². The molecule has 0 spiro atoms. The van der Waals surface area contributed by atoms with Gasteiger partial charge in [-0.2, -0.15) is 13.2 Å². The molecule has 2 nitrogen and oxygen atoms in total. The zero-order valence-corrected chi connectivity index (χ0v) is 72.9. The van der Waals surface area contributed by atoms with Crippen molar-refractivity contribution in [3.8, 4) is 44.9 Å². The van der Waals surface area contributed by atoms with E-state index in [0.717, 1.165) is 102 Å². The van der Waals surface area contributed by atoms with E-state index in [4.69, 9.17) is 16.3 Å². The molecule has 122 heavy (non-hydrogen) atoms. The first-order valence-corrected chi connectivity index (χ1v) is 44.0. The largest absolute Gasteiger partial charge is 0.463 e. The molecular formula is C106H128ClF13O2. The average Bonchev–Trinajstić information content (AvgIpc) is 0.797. The summed E-state index contributed by atoms with van der Waals surface area (Å²) in [6.45, 7) is 18.5. The second-order valence-electron chi connectivity index (χ2n) is 35.1. The number of alkyl halides is 3. The number of hydrogen-bond acceptors (Lipinski definition) is 2. The SMILES string of the molecule is CC1CCC(c2ccc(OCF)cc2)CC1.Cc1ccc(-c2ccc(C3CCC(C)CC3)cc2)c(F)c1Cl.Cc1ccc(-c2ccc(C=CC3CCC(C)CC3)cc2)c(F)c1F.Cc1ccc(-c2ccc(CCC3CCC(C)CC3)cc2)c(F)c1F.Cc1ccc(F)c(F)c1F.Cc1ccc(OC(F)(F)c2ccc(C3CCC(C)CC3)cc2)c(F)c1F.[HH].[HH].[HH].[HH].[HH]. The van der Waals surface area contributed by atoms with Gasteiger partial charge in [-0.25, -0.2) is 43.9 Å². The van der Waals surface area contributed by atoms with Crippen molar-refractivity contribution < 1.29 is 73.7 Å². The summed E-state index contributed by atoms with van der Waals surface area (Å²) in [4.78, 5) is 0. The van der Waals surface area contributed by atoms with Crippen molar-refractivity contribution in [2.24, 2.45) is 41.4 Å². The molecule has 10 aromatic rings. The quantitative estimate of drug-likeness (QED) is 0.0709. The highest BCUT2D eigenvalue weighted by Gasteiger charge is 2.37. The van der Waals surface area contributed by atoms with Crippen LogP contribution >= 0.6 is 11.6 Å². The van der Waals surface area contributed by atoms with Crippen molar-refractivity contribution >= 4 is 17.7 Å². The van der Waals surface area contributed by atoms with E-state index in [1.165, 1.54) is 164 Å². The Balaban J connectivity index is 0.000000273. The van der Waals surface area contributed by atoms with Crippen LogP contribution in [0.3, 0.4) is 0 Å². The molecule has 5 aliphatic rings. The van der Waals surface area contributed by atoms with Crippen molar-refractivity contribution in [3.05, 3.63) is 312 Å². The number of aryl methyl sites for hydroxylation is 6. The molecule has 0 heterocycles. The van der Waals surface area contributed by atoms with Crippen molar-refractivity contribution in [3.63, 3.8) is 0 Å². The Morgan fingerprint density at radius 2 is 0.713 bits per heavy atom. The molecule has 0 bridgehead atoms. The number of ether oxygens (including phenoxy) is 2. The van der Waals surface area contributed by atoms with Crippen LogP contribution in [0.2, 0.25) is 5.02 Å². The molecule has 0 unspecified atom stereocenters. The fourth-order valence-corrected chi connectivity index (χ4v) is 17.2. The van der Waals surface area contributed by atoms with Crippen LogP contribution in [-0.4, -0.2) is 6.86 Å². The van der Waals surface area contributed by atoms with Gasteiger partial charge in [-0.1, -0.05) is 281 Å². The molecule has 0 aliphatic heterocycles. The van der Waals surface area contributed by atoms with E-state index in [0.29, 0.717) is 68.7 Å².